The van der Waals surface area contributed by atoms with Gasteiger partial charge in [-0.2, -0.15) is 0 Å². The number of aryl methyl sites for hydroxylation is 2. The predicted octanol–water partition coefficient (Wildman–Crippen LogP) is 5.94. The van der Waals surface area contributed by atoms with Crippen LogP contribution in [0.5, 0.6) is 5.75 Å². The Labute approximate surface area is 216 Å². The van der Waals surface area contributed by atoms with E-state index in [0.717, 1.165) is 33.8 Å². The molecule has 6 nitrogen and oxygen atoms in total. The standard InChI is InChI=1S/C29H29ClN2O4/c1-17-7-9-21(10-8-17)16-31-20(4)27(29(34)36-6)24(28(31)33)14-22-13-18(2)32(19(22)3)23-11-12-26(35-5)25(30)15-23/h7-15H,16H2,1-6H3/b24-14-. The molecule has 0 unspecified atom stereocenters. The molecule has 0 fully saturated rings. The van der Waals surface area contributed by atoms with Gasteiger partial charge >= 0.3 is 5.97 Å². The number of benzene rings is 2. The third kappa shape index (κ3) is 4.56. The van der Waals surface area contributed by atoms with Gasteiger partial charge in [0.25, 0.3) is 5.91 Å². The second-order valence-corrected chi connectivity index (χ2v) is 9.27. The number of aromatic nitrogens is 1. The highest BCUT2D eigenvalue weighted by molar-refractivity contribution is 6.32. The fourth-order valence-corrected chi connectivity index (χ4v) is 4.83. The van der Waals surface area contributed by atoms with Gasteiger partial charge in [0, 0.05) is 22.8 Å². The summed E-state index contributed by atoms with van der Waals surface area (Å²) in [4.78, 5) is 28.0. The number of hydrogen-bond donors (Lipinski definition) is 0. The van der Waals surface area contributed by atoms with Crippen LogP contribution in [0.3, 0.4) is 0 Å². The topological polar surface area (TPSA) is 60.8 Å². The maximum Gasteiger partial charge on any atom is 0.340 e. The zero-order chi connectivity index (χ0) is 26.1. The first-order valence-corrected chi connectivity index (χ1v) is 12.0. The van der Waals surface area contributed by atoms with E-state index in [2.05, 4.69) is 4.57 Å². The molecule has 1 aliphatic rings. The molecule has 0 radical (unpaired) electrons. The number of carbonyl (C=O) groups excluding carboxylic acids is 2. The van der Waals surface area contributed by atoms with Crippen LogP contribution in [0.4, 0.5) is 0 Å². The van der Waals surface area contributed by atoms with Gasteiger partial charge < -0.3 is 18.9 Å². The van der Waals surface area contributed by atoms with Crippen LogP contribution in [0.2, 0.25) is 5.02 Å². The Bertz CT molecular complexity index is 1410. The largest absolute Gasteiger partial charge is 0.495 e. The van der Waals surface area contributed by atoms with Gasteiger partial charge in [0.15, 0.2) is 0 Å². The minimum Gasteiger partial charge on any atom is -0.495 e. The molecule has 0 aliphatic carbocycles. The Morgan fingerprint density at radius 3 is 2.31 bits per heavy atom. The Hall–Kier alpha value is -3.77. The van der Waals surface area contributed by atoms with E-state index in [-0.39, 0.29) is 11.5 Å². The Morgan fingerprint density at radius 2 is 1.69 bits per heavy atom. The lowest BCUT2D eigenvalue weighted by Crippen LogP contribution is -2.24. The number of halogens is 1. The molecule has 0 bridgehead atoms. The van der Waals surface area contributed by atoms with Crippen molar-refractivity contribution < 1.29 is 19.1 Å². The Morgan fingerprint density at radius 1 is 1.00 bits per heavy atom. The molecule has 1 aliphatic heterocycles. The molecular weight excluding hydrogens is 476 g/mol. The van der Waals surface area contributed by atoms with E-state index in [0.29, 0.717) is 28.6 Å². The zero-order valence-electron chi connectivity index (χ0n) is 21.3. The second kappa shape index (κ2) is 10.1. The van der Waals surface area contributed by atoms with E-state index in [1.54, 1.807) is 25.0 Å². The molecule has 4 rings (SSSR count). The molecule has 0 N–H and O–H groups in total. The summed E-state index contributed by atoms with van der Waals surface area (Å²) < 4.78 is 12.4. The number of rotatable bonds is 6. The molecule has 2 aromatic carbocycles. The molecule has 0 spiro atoms. The lowest BCUT2D eigenvalue weighted by Gasteiger charge is -2.18. The van der Waals surface area contributed by atoms with Gasteiger partial charge in [-0.3, -0.25) is 4.79 Å². The molecule has 1 aromatic heterocycles. The van der Waals surface area contributed by atoms with Crippen LogP contribution in [-0.2, 0) is 20.9 Å². The van der Waals surface area contributed by atoms with Crippen LogP contribution < -0.4 is 4.74 Å². The smallest absolute Gasteiger partial charge is 0.340 e. The van der Waals surface area contributed by atoms with Gasteiger partial charge in [-0.05, 0) is 69.2 Å². The summed E-state index contributed by atoms with van der Waals surface area (Å²) in [6, 6.07) is 15.6. The Kier molecular flexibility index (Phi) is 7.09. The summed E-state index contributed by atoms with van der Waals surface area (Å²) in [5, 5.41) is 0.506. The summed E-state index contributed by atoms with van der Waals surface area (Å²) in [7, 11) is 2.90. The van der Waals surface area contributed by atoms with E-state index in [1.165, 1.54) is 7.11 Å². The van der Waals surface area contributed by atoms with Crippen molar-refractivity contribution in [3.63, 3.8) is 0 Å². The summed E-state index contributed by atoms with van der Waals surface area (Å²) in [5.74, 6) is -0.168. The minimum atomic E-state index is -0.533. The van der Waals surface area contributed by atoms with Crippen molar-refractivity contribution in [2.75, 3.05) is 14.2 Å². The number of hydrogen-bond acceptors (Lipinski definition) is 4. The van der Waals surface area contributed by atoms with Gasteiger partial charge in [-0.25, -0.2) is 4.79 Å². The first-order chi connectivity index (χ1) is 17.2. The highest BCUT2D eigenvalue weighted by Crippen LogP contribution is 2.35. The van der Waals surface area contributed by atoms with Crippen molar-refractivity contribution in [1.82, 2.24) is 9.47 Å². The summed E-state index contributed by atoms with van der Waals surface area (Å²) in [6.45, 7) is 8.11. The van der Waals surface area contributed by atoms with E-state index in [1.807, 2.05) is 69.3 Å². The molecule has 3 aromatic rings. The number of carbonyl (C=O) groups is 2. The average molecular weight is 505 g/mol. The maximum atomic E-state index is 13.6. The predicted molar refractivity (Wildman–Crippen MR) is 141 cm³/mol. The van der Waals surface area contributed by atoms with Crippen LogP contribution in [0.25, 0.3) is 11.8 Å². The monoisotopic (exact) mass is 504 g/mol. The SMILES string of the molecule is COC(=O)C1=C(C)N(Cc2ccc(C)cc2)C(=O)/C1=C\c1cc(C)n(-c2ccc(OC)c(Cl)c2)c1C. The maximum absolute atomic E-state index is 13.6. The third-order valence-electron chi connectivity index (χ3n) is 6.53. The van der Waals surface area contributed by atoms with E-state index >= 15 is 0 Å². The van der Waals surface area contributed by atoms with Crippen molar-refractivity contribution in [1.29, 1.82) is 0 Å². The van der Waals surface area contributed by atoms with Crippen molar-refractivity contribution in [3.8, 4) is 11.4 Å². The highest BCUT2D eigenvalue weighted by Gasteiger charge is 2.37. The van der Waals surface area contributed by atoms with Crippen LogP contribution in [0.15, 0.2) is 65.4 Å². The molecular formula is C29H29ClN2O4. The lowest BCUT2D eigenvalue weighted by atomic mass is 10.0. The minimum absolute atomic E-state index is 0.231. The van der Waals surface area contributed by atoms with Crippen molar-refractivity contribution in [2.45, 2.75) is 34.2 Å². The van der Waals surface area contributed by atoms with Gasteiger partial charge in [0.05, 0.1) is 36.9 Å². The van der Waals surface area contributed by atoms with E-state index in [4.69, 9.17) is 21.1 Å². The van der Waals surface area contributed by atoms with Gasteiger partial charge in [0.2, 0.25) is 0 Å². The highest BCUT2D eigenvalue weighted by atomic mass is 35.5. The molecule has 0 atom stereocenters. The number of nitrogens with zero attached hydrogens (tertiary/aromatic N) is 2. The molecule has 186 valence electrons. The van der Waals surface area contributed by atoms with Crippen molar-refractivity contribution in [3.05, 3.63) is 98.5 Å². The fraction of sp³-hybridized carbons (Fsp3) is 0.241. The third-order valence-corrected chi connectivity index (χ3v) is 6.82. The van der Waals surface area contributed by atoms with Crippen LogP contribution in [0, 0.1) is 20.8 Å². The number of amides is 1. The zero-order valence-corrected chi connectivity index (χ0v) is 22.1. The first-order valence-electron chi connectivity index (χ1n) is 11.6. The van der Waals surface area contributed by atoms with Crippen molar-refractivity contribution >= 4 is 29.6 Å². The molecule has 0 saturated carbocycles. The number of esters is 1. The second-order valence-electron chi connectivity index (χ2n) is 8.87. The van der Waals surface area contributed by atoms with Crippen LogP contribution in [0.1, 0.15) is 35.0 Å². The van der Waals surface area contributed by atoms with Crippen LogP contribution in [-0.4, -0.2) is 35.6 Å². The molecule has 2 heterocycles. The molecule has 1 amide bonds. The summed E-state index contributed by atoms with van der Waals surface area (Å²) >= 11 is 6.37. The van der Waals surface area contributed by atoms with Gasteiger partial charge in [-0.1, -0.05) is 41.4 Å². The number of methoxy groups -OCH3 is 2. The lowest BCUT2D eigenvalue weighted by molar-refractivity contribution is -0.136. The number of allylic oxidation sites excluding steroid dienone is 1. The Balaban J connectivity index is 1.77. The first kappa shape index (κ1) is 25.3. The summed E-state index contributed by atoms with van der Waals surface area (Å²) in [5.41, 5.74) is 6.88. The quantitative estimate of drug-likeness (QED) is 0.308. The normalized spacial score (nSPS) is 14.7. The molecule has 7 heteroatoms. The van der Waals surface area contributed by atoms with Crippen LogP contribution >= 0.6 is 11.6 Å². The fourth-order valence-electron chi connectivity index (χ4n) is 4.58. The van der Waals surface area contributed by atoms with Gasteiger partial charge in [0.1, 0.15) is 5.75 Å². The number of ether oxygens (including phenoxy) is 2. The molecule has 0 saturated heterocycles. The average Bonchev–Trinajstić information content (AvgIpc) is 3.26. The summed E-state index contributed by atoms with van der Waals surface area (Å²) in [6.07, 6.45) is 1.77. The van der Waals surface area contributed by atoms with Crippen molar-refractivity contribution in [2.24, 2.45) is 0 Å². The van der Waals surface area contributed by atoms with E-state index < -0.39 is 5.97 Å². The van der Waals surface area contributed by atoms with E-state index in [9.17, 15) is 9.59 Å². The molecule has 36 heavy (non-hydrogen) atoms. The van der Waals surface area contributed by atoms with Gasteiger partial charge in [-0.15, -0.1) is 0 Å².